The van der Waals surface area contributed by atoms with E-state index in [1.165, 1.54) is 5.56 Å². The summed E-state index contributed by atoms with van der Waals surface area (Å²) in [5.74, 6) is 0.939. The standard InChI is InChI=1S/C17H23NO3/c1-17(9-2-12-21-17)16(20)18-10-7-14(8-11-18)13-3-5-15(19)6-4-13/h3-6,14,19H,2,7-12H2,1H3. The molecule has 2 saturated heterocycles. The van der Waals surface area contributed by atoms with Crippen LogP contribution in [-0.2, 0) is 9.53 Å². The van der Waals surface area contributed by atoms with Crippen molar-refractivity contribution in [2.24, 2.45) is 0 Å². The molecule has 4 heteroatoms. The summed E-state index contributed by atoms with van der Waals surface area (Å²) < 4.78 is 5.66. The summed E-state index contributed by atoms with van der Waals surface area (Å²) in [5.41, 5.74) is 0.661. The van der Waals surface area contributed by atoms with E-state index in [-0.39, 0.29) is 5.91 Å². The summed E-state index contributed by atoms with van der Waals surface area (Å²) in [7, 11) is 0. The number of benzene rings is 1. The van der Waals surface area contributed by atoms with Gasteiger partial charge in [-0.05, 0) is 56.2 Å². The van der Waals surface area contributed by atoms with Crippen LogP contribution in [0.2, 0.25) is 0 Å². The molecule has 4 nitrogen and oxygen atoms in total. The lowest BCUT2D eigenvalue weighted by molar-refractivity contribution is -0.152. The second-order valence-electron chi connectivity index (χ2n) is 6.34. The van der Waals surface area contributed by atoms with Gasteiger partial charge in [0.1, 0.15) is 11.4 Å². The molecule has 1 aromatic carbocycles. The monoisotopic (exact) mass is 289 g/mol. The normalized spacial score (nSPS) is 27.0. The number of phenols is 1. The van der Waals surface area contributed by atoms with E-state index in [1.54, 1.807) is 12.1 Å². The third-order valence-electron chi connectivity index (χ3n) is 4.82. The average molecular weight is 289 g/mol. The number of carbonyl (C=O) groups is 1. The topological polar surface area (TPSA) is 49.8 Å². The Bertz CT molecular complexity index is 497. The predicted molar refractivity (Wildman–Crippen MR) is 80.3 cm³/mol. The molecule has 0 aromatic heterocycles. The summed E-state index contributed by atoms with van der Waals surface area (Å²) in [6.45, 7) is 4.22. The number of hydrogen-bond acceptors (Lipinski definition) is 3. The Labute approximate surface area is 125 Å². The summed E-state index contributed by atoms with van der Waals surface area (Å²) in [6.07, 6.45) is 3.77. The summed E-state index contributed by atoms with van der Waals surface area (Å²) >= 11 is 0. The second-order valence-corrected chi connectivity index (χ2v) is 6.34. The van der Waals surface area contributed by atoms with Gasteiger partial charge in [-0.1, -0.05) is 12.1 Å². The molecule has 1 atom stereocenters. The van der Waals surface area contributed by atoms with Crippen molar-refractivity contribution in [2.45, 2.75) is 44.1 Å². The van der Waals surface area contributed by atoms with Crippen LogP contribution < -0.4 is 0 Å². The van der Waals surface area contributed by atoms with Crippen molar-refractivity contribution in [2.75, 3.05) is 19.7 Å². The van der Waals surface area contributed by atoms with Crippen LogP contribution >= 0.6 is 0 Å². The minimum atomic E-state index is -0.592. The van der Waals surface area contributed by atoms with E-state index >= 15 is 0 Å². The third kappa shape index (κ3) is 2.91. The molecule has 0 bridgehead atoms. The van der Waals surface area contributed by atoms with Gasteiger partial charge >= 0.3 is 0 Å². The average Bonchev–Trinajstić information content (AvgIpc) is 2.96. The number of carbonyl (C=O) groups excluding carboxylic acids is 1. The van der Waals surface area contributed by atoms with Crippen molar-refractivity contribution >= 4 is 5.91 Å². The maximum atomic E-state index is 12.6. The van der Waals surface area contributed by atoms with Crippen LogP contribution in [0.1, 0.15) is 44.1 Å². The Balaban J connectivity index is 1.60. The summed E-state index contributed by atoms with van der Waals surface area (Å²) in [5, 5.41) is 9.35. The molecule has 1 unspecified atom stereocenters. The van der Waals surface area contributed by atoms with E-state index in [0.717, 1.165) is 38.8 Å². The number of hydrogen-bond donors (Lipinski definition) is 1. The first-order valence-corrected chi connectivity index (χ1v) is 7.81. The number of rotatable bonds is 2. The van der Waals surface area contributed by atoms with Gasteiger partial charge < -0.3 is 14.7 Å². The second kappa shape index (κ2) is 5.68. The fraction of sp³-hybridized carbons (Fsp3) is 0.588. The Kier molecular flexibility index (Phi) is 3.89. The van der Waals surface area contributed by atoms with Gasteiger partial charge in [0.05, 0.1) is 0 Å². The van der Waals surface area contributed by atoms with Crippen LogP contribution in [0.3, 0.4) is 0 Å². The lowest BCUT2D eigenvalue weighted by atomic mass is 9.88. The zero-order chi connectivity index (χ0) is 14.9. The number of ether oxygens (including phenoxy) is 1. The largest absolute Gasteiger partial charge is 0.508 e. The molecule has 0 saturated carbocycles. The van der Waals surface area contributed by atoms with Crippen molar-refractivity contribution in [3.63, 3.8) is 0 Å². The highest BCUT2D eigenvalue weighted by Crippen LogP contribution is 2.32. The van der Waals surface area contributed by atoms with Crippen molar-refractivity contribution < 1.29 is 14.6 Å². The number of piperidine rings is 1. The van der Waals surface area contributed by atoms with Gasteiger partial charge in [-0.15, -0.1) is 0 Å². The van der Waals surface area contributed by atoms with Crippen LogP contribution in [0.15, 0.2) is 24.3 Å². The van der Waals surface area contributed by atoms with Gasteiger partial charge in [-0.2, -0.15) is 0 Å². The Morgan fingerprint density at radius 3 is 2.52 bits per heavy atom. The molecule has 0 aliphatic carbocycles. The number of aromatic hydroxyl groups is 1. The first-order valence-electron chi connectivity index (χ1n) is 7.81. The van der Waals surface area contributed by atoms with Gasteiger partial charge in [-0.25, -0.2) is 0 Å². The first-order chi connectivity index (χ1) is 10.1. The van der Waals surface area contributed by atoms with E-state index in [2.05, 4.69) is 0 Å². The van der Waals surface area contributed by atoms with E-state index in [9.17, 15) is 9.90 Å². The summed E-state index contributed by atoms with van der Waals surface area (Å²) in [6, 6.07) is 7.44. The number of likely N-dealkylation sites (tertiary alicyclic amines) is 1. The number of amides is 1. The van der Waals surface area contributed by atoms with Crippen LogP contribution in [0.4, 0.5) is 0 Å². The van der Waals surface area contributed by atoms with E-state index in [4.69, 9.17) is 4.74 Å². The van der Waals surface area contributed by atoms with Crippen molar-refractivity contribution in [3.05, 3.63) is 29.8 Å². The molecule has 1 aromatic rings. The van der Waals surface area contributed by atoms with Crippen molar-refractivity contribution in [3.8, 4) is 5.75 Å². The first kappa shape index (κ1) is 14.4. The zero-order valence-electron chi connectivity index (χ0n) is 12.5. The predicted octanol–water partition coefficient (Wildman–Crippen LogP) is 2.67. The van der Waals surface area contributed by atoms with Crippen molar-refractivity contribution in [1.29, 1.82) is 0 Å². The molecule has 2 fully saturated rings. The minimum absolute atomic E-state index is 0.157. The fourth-order valence-electron chi connectivity index (χ4n) is 3.44. The molecule has 2 aliphatic rings. The maximum absolute atomic E-state index is 12.6. The third-order valence-corrected chi connectivity index (χ3v) is 4.82. The minimum Gasteiger partial charge on any atom is -0.508 e. The SMILES string of the molecule is CC1(C(=O)N2CCC(c3ccc(O)cc3)CC2)CCCO1. The highest BCUT2D eigenvalue weighted by molar-refractivity contribution is 5.85. The van der Waals surface area contributed by atoms with Crippen molar-refractivity contribution in [1.82, 2.24) is 4.90 Å². The Hall–Kier alpha value is -1.55. The number of nitrogens with zero attached hydrogens (tertiary/aromatic N) is 1. The molecular weight excluding hydrogens is 266 g/mol. The fourth-order valence-corrected chi connectivity index (χ4v) is 3.44. The Morgan fingerprint density at radius 1 is 1.29 bits per heavy atom. The highest BCUT2D eigenvalue weighted by Gasteiger charge is 2.41. The molecule has 1 amide bonds. The Morgan fingerprint density at radius 2 is 1.95 bits per heavy atom. The lowest BCUT2D eigenvalue weighted by Gasteiger charge is -2.36. The van der Waals surface area contributed by atoms with Gasteiger partial charge in [0.2, 0.25) is 0 Å². The van der Waals surface area contributed by atoms with Crippen LogP contribution in [0.5, 0.6) is 5.75 Å². The van der Waals surface area contributed by atoms with Gasteiger partial charge in [0.15, 0.2) is 0 Å². The number of phenolic OH excluding ortho intramolecular Hbond substituents is 1. The molecule has 2 heterocycles. The van der Waals surface area contributed by atoms with E-state index in [1.807, 2.05) is 24.0 Å². The lowest BCUT2D eigenvalue weighted by Crippen LogP contribution is -2.49. The van der Waals surface area contributed by atoms with Crippen LogP contribution in [0, 0.1) is 0 Å². The molecule has 1 N–H and O–H groups in total. The molecular formula is C17H23NO3. The summed E-state index contributed by atoms with van der Waals surface area (Å²) in [4.78, 5) is 14.5. The molecule has 0 radical (unpaired) electrons. The molecule has 3 rings (SSSR count). The van der Waals surface area contributed by atoms with E-state index in [0.29, 0.717) is 18.3 Å². The maximum Gasteiger partial charge on any atom is 0.254 e. The molecule has 114 valence electrons. The van der Waals surface area contributed by atoms with Crippen LogP contribution in [0.25, 0.3) is 0 Å². The highest BCUT2D eigenvalue weighted by atomic mass is 16.5. The van der Waals surface area contributed by atoms with Gasteiger partial charge in [-0.3, -0.25) is 4.79 Å². The van der Waals surface area contributed by atoms with E-state index < -0.39 is 5.60 Å². The van der Waals surface area contributed by atoms with Gasteiger partial charge in [0, 0.05) is 19.7 Å². The zero-order valence-corrected chi connectivity index (χ0v) is 12.5. The molecule has 0 spiro atoms. The molecule has 21 heavy (non-hydrogen) atoms. The quantitative estimate of drug-likeness (QED) is 0.910. The van der Waals surface area contributed by atoms with Gasteiger partial charge in [0.25, 0.3) is 5.91 Å². The molecule has 2 aliphatic heterocycles. The smallest absolute Gasteiger partial charge is 0.254 e. The van der Waals surface area contributed by atoms with Crippen LogP contribution in [-0.4, -0.2) is 41.2 Å².